The third-order valence-corrected chi connectivity index (χ3v) is 4.27. The zero-order chi connectivity index (χ0) is 17.9. The van der Waals surface area contributed by atoms with Gasteiger partial charge >= 0.3 is 5.97 Å². The van der Waals surface area contributed by atoms with Crippen LogP contribution in [0.1, 0.15) is 51.5 Å². The quantitative estimate of drug-likeness (QED) is 0.853. The summed E-state index contributed by atoms with van der Waals surface area (Å²) in [5, 5.41) is 2.97. The maximum absolute atomic E-state index is 12.8. The van der Waals surface area contributed by atoms with Crippen molar-refractivity contribution in [2.75, 3.05) is 11.9 Å². The van der Waals surface area contributed by atoms with Gasteiger partial charge in [0, 0.05) is 18.4 Å². The molecule has 0 saturated carbocycles. The van der Waals surface area contributed by atoms with Gasteiger partial charge in [-0.3, -0.25) is 4.79 Å². The van der Waals surface area contributed by atoms with Crippen LogP contribution in [0.2, 0.25) is 0 Å². The molecule has 0 fully saturated rings. The fraction of sp³-hybridized carbons (Fsp3) is 0.368. The van der Waals surface area contributed by atoms with Crippen LogP contribution < -0.4 is 5.32 Å². The fourth-order valence-corrected chi connectivity index (χ4v) is 2.94. The Balaban J connectivity index is 2.40. The molecular weight excluding hydrogens is 304 g/mol. The van der Waals surface area contributed by atoms with Crippen LogP contribution in [0.25, 0.3) is 0 Å². The van der Waals surface area contributed by atoms with Gasteiger partial charge in [-0.05, 0) is 44.4 Å². The van der Waals surface area contributed by atoms with Crippen molar-refractivity contribution < 1.29 is 14.3 Å². The summed E-state index contributed by atoms with van der Waals surface area (Å²) in [7, 11) is 1.77. The average Bonchev–Trinajstić information content (AvgIpc) is 2.77. The summed E-state index contributed by atoms with van der Waals surface area (Å²) in [5.41, 5.74) is 4.18. The van der Waals surface area contributed by atoms with Gasteiger partial charge in [0.05, 0.1) is 12.2 Å². The van der Waals surface area contributed by atoms with E-state index in [9.17, 15) is 9.59 Å². The van der Waals surface area contributed by atoms with Gasteiger partial charge in [0.2, 0.25) is 0 Å². The van der Waals surface area contributed by atoms with E-state index in [2.05, 4.69) is 5.32 Å². The zero-order valence-corrected chi connectivity index (χ0v) is 14.9. The van der Waals surface area contributed by atoms with E-state index in [-0.39, 0.29) is 5.91 Å². The number of nitrogens with one attached hydrogen (secondary N) is 1. The van der Waals surface area contributed by atoms with Crippen LogP contribution in [0.4, 0.5) is 5.69 Å². The number of esters is 1. The highest BCUT2D eigenvalue weighted by Crippen LogP contribution is 2.24. The Hall–Kier alpha value is -2.56. The lowest BCUT2D eigenvalue weighted by molar-refractivity contribution is 0.0514. The van der Waals surface area contributed by atoms with E-state index in [1.807, 2.05) is 38.1 Å². The molecule has 0 bridgehead atoms. The number of aromatic nitrogens is 1. The van der Waals surface area contributed by atoms with Crippen molar-refractivity contribution >= 4 is 17.6 Å². The van der Waals surface area contributed by atoms with Crippen molar-refractivity contribution in [1.29, 1.82) is 0 Å². The molecule has 0 saturated heterocycles. The summed E-state index contributed by atoms with van der Waals surface area (Å²) >= 11 is 0. The van der Waals surface area contributed by atoms with E-state index in [1.54, 1.807) is 25.5 Å². The van der Waals surface area contributed by atoms with Crippen LogP contribution in [0.3, 0.4) is 0 Å². The Labute approximate surface area is 142 Å². The predicted octanol–water partition coefficient (Wildman–Crippen LogP) is 3.63. The Morgan fingerprint density at radius 2 is 1.83 bits per heavy atom. The summed E-state index contributed by atoms with van der Waals surface area (Å²) < 4.78 is 6.82. The summed E-state index contributed by atoms with van der Waals surface area (Å²) in [5.74, 6) is -0.620. The summed E-state index contributed by atoms with van der Waals surface area (Å²) in [6.45, 7) is 7.71. The molecule has 0 spiro atoms. The van der Waals surface area contributed by atoms with Crippen LogP contribution in [0.5, 0.6) is 0 Å². The minimum Gasteiger partial charge on any atom is -0.461 e. The van der Waals surface area contributed by atoms with Crippen LogP contribution in [-0.2, 0) is 18.2 Å². The molecule has 128 valence electrons. The minimum absolute atomic E-state index is 0.211. The highest BCUT2D eigenvalue weighted by molar-refractivity contribution is 6.08. The Morgan fingerprint density at radius 1 is 1.17 bits per heavy atom. The van der Waals surface area contributed by atoms with E-state index >= 15 is 0 Å². The molecular formula is C19H24N2O3. The van der Waals surface area contributed by atoms with E-state index in [1.165, 1.54) is 0 Å². The maximum Gasteiger partial charge on any atom is 0.355 e. The summed E-state index contributed by atoms with van der Waals surface area (Å²) in [6.07, 6.45) is 0.831. The number of ether oxygens (including phenoxy) is 1. The molecule has 1 amide bonds. The molecule has 5 nitrogen and oxygen atoms in total. The molecule has 2 rings (SSSR count). The largest absolute Gasteiger partial charge is 0.461 e. The first kappa shape index (κ1) is 17.8. The first-order valence-electron chi connectivity index (χ1n) is 8.14. The molecule has 0 radical (unpaired) electrons. The van der Waals surface area contributed by atoms with Crippen LogP contribution in [0.15, 0.2) is 24.3 Å². The number of anilines is 1. The molecule has 5 heteroatoms. The van der Waals surface area contributed by atoms with Gasteiger partial charge in [-0.15, -0.1) is 0 Å². The SMILES string of the molecule is CCOC(=O)c1c(C)c(C(=O)Nc2ccccc2CC)c(C)n1C. The number of carbonyl (C=O) groups is 2. The standard InChI is InChI=1S/C19H24N2O3/c1-6-14-10-8-9-11-15(14)20-18(22)16-12(3)17(19(23)24-7-2)21(5)13(16)4/h8-11H,6-7H2,1-5H3,(H,20,22). The van der Waals surface area contributed by atoms with E-state index in [0.717, 1.165) is 23.4 Å². The van der Waals surface area contributed by atoms with Gasteiger partial charge in [-0.2, -0.15) is 0 Å². The lowest BCUT2D eigenvalue weighted by atomic mass is 10.1. The number of amides is 1. The van der Waals surface area contributed by atoms with Gasteiger partial charge in [0.1, 0.15) is 5.69 Å². The molecule has 0 aliphatic rings. The number of para-hydroxylation sites is 1. The van der Waals surface area contributed by atoms with Crippen LogP contribution in [0, 0.1) is 13.8 Å². The fourth-order valence-electron chi connectivity index (χ4n) is 2.94. The topological polar surface area (TPSA) is 60.3 Å². The highest BCUT2D eigenvalue weighted by atomic mass is 16.5. The van der Waals surface area contributed by atoms with Gasteiger partial charge in [-0.25, -0.2) is 4.79 Å². The van der Waals surface area contributed by atoms with Crippen molar-refractivity contribution in [3.8, 4) is 0 Å². The molecule has 1 N–H and O–H groups in total. The minimum atomic E-state index is -0.409. The Kier molecular flexibility index (Phi) is 5.44. The lowest BCUT2D eigenvalue weighted by Gasteiger charge is -2.10. The number of nitrogens with zero attached hydrogens (tertiary/aromatic N) is 1. The number of rotatable bonds is 5. The molecule has 2 aromatic rings. The number of hydrogen-bond donors (Lipinski definition) is 1. The smallest absolute Gasteiger partial charge is 0.355 e. The second-order valence-electron chi connectivity index (χ2n) is 5.68. The van der Waals surface area contributed by atoms with Crippen LogP contribution >= 0.6 is 0 Å². The second kappa shape index (κ2) is 7.34. The maximum atomic E-state index is 12.8. The molecule has 1 aromatic carbocycles. The highest BCUT2D eigenvalue weighted by Gasteiger charge is 2.25. The Bertz CT molecular complexity index is 775. The van der Waals surface area contributed by atoms with Crippen molar-refractivity contribution in [2.24, 2.45) is 7.05 Å². The van der Waals surface area contributed by atoms with Gasteiger partial charge in [-0.1, -0.05) is 25.1 Å². The lowest BCUT2D eigenvalue weighted by Crippen LogP contribution is -2.15. The van der Waals surface area contributed by atoms with Crippen molar-refractivity contribution in [3.05, 3.63) is 52.3 Å². The van der Waals surface area contributed by atoms with E-state index < -0.39 is 5.97 Å². The zero-order valence-electron chi connectivity index (χ0n) is 14.9. The van der Waals surface area contributed by atoms with Crippen molar-refractivity contribution in [3.63, 3.8) is 0 Å². The van der Waals surface area contributed by atoms with Crippen molar-refractivity contribution in [1.82, 2.24) is 4.57 Å². The summed E-state index contributed by atoms with van der Waals surface area (Å²) in [4.78, 5) is 25.0. The molecule has 0 atom stereocenters. The van der Waals surface area contributed by atoms with Gasteiger partial charge in [0.25, 0.3) is 5.91 Å². The monoisotopic (exact) mass is 328 g/mol. The number of aryl methyl sites for hydroxylation is 1. The first-order chi connectivity index (χ1) is 11.4. The van der Waals surface area contributed by atoms with E-state index in [4.69, 9.17) is 4.74 Å². The van der Waals surface area contributed by atoms with Crippen molar-refractivity contribution in [2.45, 2.75) is 34.1 Å². The van der Waals surface area contributed by atoms with Gasteiger partial charge < -0.3 is 14.6 Å². The molecule has 1 heterocycles. The molecule has 24 heavy (non-hydrogen) atoms. The molecule has 1 aromatic heterocycles. The molecule has 0 aliphatic carbocycles. The molecule has 0 aliphatic heterocycles. The third-order valence-electron chi connectivity index (χ3n) is 4.27. The number of carbonyl (C=O) groups excluding carboxylic acids is 2. The second-order valence-corrected chi connectivity index (χ2v) is 5.68. The van der Waals surface area contributed by atoms with E-state index in [0.29, 0.717) is 23.4 Å². The number of hydrogen-bond acceptors (Lipinski definition) is 3. The number of benzene rings is 1. The molecule has 0 unspecified atom stereocenters. The normalized spacial score (nSPS) is 10.5. The van der Waals surface area contributed by atoms with Crippen LogP contribution in [-0.4, -0.2) is 23.1 Å². The predicted molar refractivity (Wildman–Crippen MR) is 94.6 cm³/mol. The van der Waals surface area contributed by atoms with Gasteiger partial charge in [0.15, 0.2) is 0 Å². The summed E-state index contributed by atoms with van der Waals surface area (Å²) in [6, 6.07) is 7.72. The Morgan fingerprint density at radius 3 is 2.46 bits per heavy atom. The first-order valence-corrected chi connectivity index (χ1v) is 8.14. The third kappa shape index (κ3) is 3.20. The average molecular weight is 328 g/mol.